The minimum Gasteiger partial charge on any atom is -0.466 e. The SMILES string of the molecule is CCOC(=O)CCc1nc2nonc2[nH]c1=O. The van der Waals surface area contributed by atoms with Gasteiger partial charge in [-0.1, -0.05) is 0 Å². The van der Waals surface area contributed by atoms with Crippen molar-refractivity contribution >= 4 is 17.3 Å². The molecule has 0 saturated heterocycles. The van der Waals surface area contributed by atoms with Crippen LogP contribution in [0, 0.1) is 0 Å². The van der Waals surface area contributed by atoms with Gasteiger partial charge in [-0.3, -0.25) is 14.6 Å². The Balaban J connectivity index is 2.15. The summed E-state index contributed by atoms with van der Waals surface area (Å²) in [6.45, 7) is 2.03. The molecule has 0 radical (unpaired) electrons. The number of fused-ring (bicyclic) bond motifs is 1. The standard InChI is InChI=1S/C9H10N4O4/c1-2-16-6(14)4-3-5-9(15)11-8-7(10-5)12-17-13-8/h2-4H2,1H3,(H,11,13,15). The molecule has 0 atom stereocenters. The Kier molecular flexibility index (Phi) is 3.12. The Morgan fingerprint density at radius 2 is 2.29 bits per heavy atom. The van der Waals surface area contributed by atoms with E-state index in [1.807, 2.05) is 0 Å². The van der Waals surface area contributed by atoms with Crippen LogP contribution in [0.2, 0.25) is 0 Å². The third-order valence-corrected chi connectivity index (χ3v) is 2.08. The maximum absolute atomic E-state index is 11.5. The lowest BCUT2D eigenvalue weighted by Gasteiger charge is -2.00. The summed E-state index contributed by atoms with van der Waals surface area (Å²) in [6, 6.07) is 0. The molecule has 2 aromatic heterocycles. The van der Waals surface area contributed by atoms with E-state index >= 15 is 0 Å². The largest absolute Gasteiger partial charge is 0.466 e. The summed E-state index contributed by atoms with van der Waals surface area (Å²) in [6.07, 6.45) is 0.289. The van der Waals surface area contributed by atoms with E-state index < -0.39 is 5.56 Å². The average Bonchev–Trinajstić information content (AvgIpc) is 2.73. The van der Waals surface area contributed by atoms with E-state index in [2.05, 4.69) is 24.9 Å². The molecule has 0 fully saturated rings. The maximum Gasteiger partial charge on any atom is 0.306 e. The van der Waals surface area contributed by atoms with Gasteiger partial charge in [0.25, 0.3) is 5.56 Å². The number of ether oxygens (including phenoxy) is 1. The third-order valence-electron chi connectivity index (χ3n) is 2.08. The smallest absolute Gasteiger partial charge is 0.306 e. The number of nitrogens with one attached hydrogen (secondary N) is 1. The first-order valence-corrected chi connectivity index (χ1v) is 5.07. The number of rotatable bonds is 4. The molecule has 1 N–H and O–H groups in total. The highest BCUT2D eigenvalue weighted by Gasteiger charge is 2.11. The van der Waals surface area contributed by atoms with E-state index in [0.717, 1.165) is 0 Å². The molecule has 0 aliphatic carbocycles. The maximum atomic E-state index is 11.5. The fourth-order valence-electron chi connectivity index (χ4n) is 1.32. The number of hydrogen-bond donors (Lipinski definition) is 1. The van der Waals surface area contributed by atoms with E-state index in [0.29, 0.717) is 6.61 Å². The fraction of sp³-hybridized carbons (Fsp3) is 0.444. The van der Waals surface area contributed by atoms with Crippen LogP contribution in [-0.2, 0) is 16.0 Å². The van der Waals surface area contributed by atoms with Crippen LogP contribution in [-0.4, -0.2) is 32.9 Å². The Morgan fingerprint density at radius 1 is 1.47 bits per heavy atom. The number of carbonyl (C=O) groups is 1. The molecule has 0 spiro atoms. The van der Waals surface area contributed by atoms with Crippen LogP contribution in [0.15, 0.2) is 9.42 Å². The van der Waals surface area contributed by atoms with Crippen molar-refractivity contribution in [2.45, 2.75) is 19.8 Å². The molecule has 2 heterocycles. The topological polar surface area (TPSA) is 111 Å². The molecule has 0 aliphatic heterocycles. The minimum atomic E-state index is -0.405. The summed E-state index contributed by atoms with van der Waals surface area (Å²) in [5.74, 6) is -0.368. The van der Waals surface area contributed by atoms with Crippen molar-refractivity contribution in [3.63, 3.8) is 0 Å². The molecule has 90 valence electrons. The molecule has 0 aromatic carbocycles. The molecule has 8 heteroatoms. The molecule has 2 aromatic rings. The molecule has 17 heavy (non-hydrogen) atoms. The number of hydrogen-bond acceptors (Lipinski definition) is 7. The van der Waals surface area contributed by atoms with Gasteiger partial charge in [-0.2, -0.15) is 0 Å². The Labute approximate surface area is 95.0 Å². The first-order chi connectivity index (χ1) is 8.20. The predicted molar refractivity (Wildman–Crippen MR) is 55.2 cm³/mol. The highest BCUT2D eigenvalue weighted by Crippen LogP contribution is 2.02. The van der Waals surface area contributed by atoms with Gasteiger partial charge < -0.3 is 4.74 Å². The highest BCUT2D eigenvalue weighted by molar-refractivity contribution is 5.69. The lowest BCUT2D eigenvalue weighted by atomic mass is 10.2. The molecule has 0 amide bonds. The number of nitrogens with zero attached hydrogens (tertiary/aromatic N) is 3. The van der Waals surface area contributed by atoms with Gasteiger partial charge in [0.15, 0.2) is 0 Å². The zero-order valence-electron chi connectivity index (χ0n) is 9.10. The molecule has 0 unspecified atom stereocenters. The third kappa shape index (κ3) is 2.47. The van der Waals surface area contributed by atoms with Crippen LogP contribution in [0.4, 0.5) is 0 Å². The van der Waals surface area contributed by atoms with Crippen LogP contribution in [0.3, 0.4) is 0 Å². The van der Waals surface area contributed by atoms with Gasteiger partial charge in [0.05, 0.1) is 13.0 Å². The van der Waals surface area contributed by atoms with Crippen molar-refractivity contribution in [1.29, 1.82) is 0 Å². The van der Waals surface area contributed by atoms with Crippen molar-refractivity contribution in [3.8, 4) is 0 Å². The summed E-state index contributed by atoms with van der Waals surface area (Å²) in [5.41, 5.74) is 0.206. The van der Waals surface area contributed by atoms with E-state index in [9.17, 15) is 9.59 Å². The van der Waals surface area contributed by atoms with Crippen molar-refractivity contribution in [2.75, 3.05) is 6.61 Å². The normalized spacial score (nSPS) is 10.6. The monoisotopic (exact) mass is 238 g/mol. The van der Waals surface area contributed by atoms with Gasteiger partial charge in [-0.05, 0) is 17.2 Å². The van der Waals surface area contributed by atoms with E-state index in [1.165, 1.54) is 0 Å². The zero-order valence-corrected chi connectivity index (χ0v) is 9.10. The molecular formula is C9H10N4O4. The van der Waals surface area contributed by atoms with Crippen LogP contribution in [0.5, 0.6) is 0 Å². The minimum absolute atomic E-state index is 0.0979. The second kappa shape index (κ2) is 4.73. The number of aromatic nitrogens is 4. The van der Waals surface area contributed by atoms with Crippen LogP contribution < -0.4 is 5.56 Å². The van der Waals surface area contributed by atoms with Gasteiger partial charge >= 0.3 is 5.97 Å². The lowest BCUT2D eigenvalue weighted by Crippen LogP contribution is -2.17. The van der Waals surface area contributed by atoms with Gasteiger partial charge in [0.1, 0.15) is 5.69 Å². The summed E-state index contributed by atoms with van der Waals surface area (Å²) < 4.78 is 9.17. The quantitative estimate of drug-likeness (QED) is 0.734. The highest BCUT2D eigenvalue weighted by atomic mass is 16.6. The number of aromatic amines is 1. The number of aryl methyl sites for hydroxylation is 1. The summed E-state index contributed by atoms with van der Waals surface area (Å²) in [5, 5.41) is 6.95. The van der Waals surface area contributed by atoms with E-state index in [-0.39, 0.29) is 35.8 Å². The van der Waals surface area contributed by atoms with E-state index in [4.69, 9.17) is 4.74 Å². The van der Waals surface area contributed by atoms with Crippen molar-refractivity contribution < 1.29 is 14.2 Å². The second-order valence-corrected chi connectivity index (χ2v) is 3.25. The molecule has 0 bridgehead atoms. The lowest BCUT2D eigenvalue weighted by molar-refractivity contribution is -0.143. The van der Waals surface area contributed by atoms with Gasteiger partial charge in [0.2, 0.25) is 11.3 Å². The van der Waals surface area contributed by atoms with Gasteiger partial charge in [-0.25, -0.2) is 9.61 Å². The van der Waals surface area contributed by atoms with Gasteiger partial charge in [-0.15, -0.1) is 0 Å². The first kappa shape index (κ1) is 11.2. The zero-order chi connectivity index (χ0) is 12.3. The van der Waals surface area contributed by atoms with Crippen LogP contribution >= 0.6 is 0 Å². The predicted octanol–water partition coefficient (Wildman–Crippen LogP) is -0.198. The molecule has 0 saturated carbocycles. The summed E-state index contributed by atoms with van der Waals surface area (Å²) in [4.78, 5) is 29.1. The fourth-order valence-corrected chi connectivity index (χ4v) is 1.32. The Hall–Kier alpha value is -2.25. The summed E-state index contributed by atoms with van der Waals surface area (Å²) >= 11 is 0. The van der Waals surface area contributed by atoms with Crippen molar-refractivity contribution in [2.24, 2.45) is 0 Å². The number of carbonyl (C=O) groups excluding carboxylic acids is 1. The number of H-pyrrole nitrogens is 1. The summed E-state index contributed by atoms with van der Waals surface area (Å²) in [7, 11) is 0. The van der Waals surface area contributed by atoms with Crippen molar-refractivity contribution in [1.82, 2.24) is 20.3 Å². The van der Waals surface area contributed by atoms with Gasteiger partial charge in [0, 0.05) is 6.42 Å². The molecule has 0 aliphatic rings. The number of esters is 1. The van der Waals surface area contributed by atoms with Crippen LogP contribution in [0.25, 0.3) is 11.3 Å². The first-order valence-electron chi connectivity index (χ1n) is 5.07. The van der Waals surface area contributed by atoms with Crippen LogP contribution in [0.1, 0.15) is 19.0 Å². The second-order valence-electron chi connectivity index (χ2n) is 3.25. The molecule has 2 rings (SSSR count). The Morgan fingerprint density at radius 3 is 3.06 bits per heavy atom. The average molecular weight is 238 g/mol. The molecular weight excluding hydrogens is 228 g/mol. The molecule has 8 nitrogen and oxygen atoms in total. The Bertz CT molecular complexity index is 588. The van der Waals surface area contributed by atoms with E-state index in [1.54, 1.807) is 6.92 Å². The van der Waals surface area contributed by atoms with Crippen molar-refractivity contribution in [3.05, 3.63) is 16.0 Å².